The fourth-order valence-electron chi connectivity index (χ4n) is 3.58. The molecule has 0 bridgehead atoms. The maximum atomic E-state index is 12.9. The van der Waals surface area contributed by atoms with Crippen LogP contribution in [-0.4, -0.2) is 74.0 Å². The van der Waals surface area contributed by atoms with Crippen LogP contribution in [0.5, 0.6) is 0 Å². The SMILES string of the molecule is O=C(O)c1ccccc1S(=O)(=O)N1CCC(C(=O)N2CCCOCC2)CC1. The summed E-state index contributed by atoms with van der Waals surface area (Å²) in [4.78, 5) is 25.7. The number of piperidine rings is 1. The van der Waals surface area contributed by atoms with Crippen LogP contribution in [0.4, 0.5) is 0 Å². The van der Waals surface area contributed by atoms with E-state index >= 15 is 0 Å². The molecule has 2 aliphatic rings. The molecule has 0 unspecified atom stereocenters. The van der Waals surface area contributed by atoms with Crippen molar-refractivity contribution in [2.75, 3.05) is 39.4 Å². The van der Waals surface area contributed by atoms with Gasteiger partial charge in [-0.15, -0.1) is 0 Å². The number of rotatable bonds is 4. The third-order valence-electron chi connectivity index (χ3n) is 5.07. The molecule has 9 heteroatoms. The topological polar surface area (TPSA) is 104 Å². The number of sulfonamides is 1. The lowest BCUT2D eigenvalue weighted by Crippen LogP contribution is -2.45. The third-order valence-corrected chi connectivity index (χ3v) is 7.03. The monoisotopic (exact) mass is 396 g/mol. The zero-order valence-electron chi connectivity index (χ0n) is 15.0. The number of carbonyl (C=O) groups is 2. The lowest BCUT2D eigenvalue weighted by Gasteiger charge is -2.33. The van der Waals surface area contributed by atoms with E-state index in [0.717, 1.165) is 6.42 Å². The number of carboxylic acid groups (broad SMARTS) is 1. The van der Waals surface area contributed by atoms with Crippen LogP contribution in [-0.2, 0) is 19.6 Å². The smallest absolute Gasteiger partial charge is 0.337 e. The predicted octanol–water partition coefficient (Wildman–Crippen LogP) is 1.03. The quantitative estimate of drug-likeness (QED) is 0.815. The zero-order valence-corrected chi connectivity index (χ0v) is 15.9. The zero-order chi connectivity index (χ0) is 19.4. The molecule has 1 N–H and O–H groups in total. The summed E-state index contributed by atoms with van der Waals surface area (Å²) in [6.45, 7) is 2.84. The molecule has 1 aromatic rings. The number of carboxylic acids is 1. The molecule has 0 aliphatic carbocycles. The molecule has 0 aromatic heterocycles. The highest BCUT2D eigenvalue weighted by atomic mass is 32.2. The molecular weight excluding hydrogens is 372 g/mol. The summed E-state index contributed by atoms with van der Waals surface area (Å²) in [5.74, 6) is -1.42. The molecule has 1 aromatic carbocycles. The van der Waals surface area contributed by atoms with Gasteiger partial charge >= 0.3 is 5.97 Å². The minimum absolute atomic E-state index is 0.0588. The normalized spacial score (nSPS) is 20.2. The standard InChI is InChI=1S/C18H24N2O6S/c21-17(19-8-3-12-26-13-11-19)14-6-9-20(10-7-14)27(24,25)16-5-2-1-4-15(16)18(22)23/h1-2,4-5,14H,3,6-13H2,(H,22,23). The van der Waals surface area contributed by atoms with Crippen LogP contribution in [0.1, 0.15) is 29.6 Å². The first kappa shape index (κ1) is 19.8. The van der Waals surface area contributed by atoms with Gasteiger partial charge in [0.05, 0.1) is 17.1 Å². The van der Waals surface area contributed by atoms with Crippen molar-refractivity contribution in [2.45, 2.75) is 24.2 Å². The van der Waals surface area contributed by atoms with Gasteiger partial charge in [-0.1, -0.05) is 12.1 Å². The van der Waals surface area contributed by atoms with E-state index in [0.29, 0.717) is 39.1 Å². The third kappa shape index (κ3) is 4.31. The molecule has 148 valence electrons. The molecule has 27 heavy (non-hydrogen) atoms. The highest BCUT2D eigenvalue weighted by molar-refractivity contribution is 7.89. The van der Waals surface area contributed by atoms with Crippen LogP contribution >= 0.6 is 0 Å². The number of carbonyl (C=O) groups excluding carboxylic acids is 1. The predicted molar refractivity (Wildman–Crippen MR) is 96.9 cm³/mol. The fourth-order valence-corrected chi connectivity index (χ4v) is 5.23. The minimum Gasteiger partial charge on any atom is -0.478 e. The Morgan fingerprint density at radius 3 is 2.44 bits per heavy atom. The van der Waals surface area contributed by atoms with E-state index in [4.69, 9.17) is 4.74 Å². The summed E-state index contributed by atoms with van der Waals surface area (Å²) >= 11 is 0. The van der Waals surface area contributed by atoms with Crippen molar-refractivity contribution in [2.24, 2.45) is 5.92 Å². The van der Waals surface area contributed by atoms with Gasteiger partial charge in [0.15, 0.2) is 0 Å². The summed E-state index contributed by atoms with van der Waals surface area (Å²) in [7, 11) is -3.91. The number of benzene rings is 1. The maximum absolute atomic E-state index is 12.9. The highest BCUT2D eigenvalue weighted by Gasteiger charge is 2.35. The first-order valence-electron chi connectivity index (χ1n) is 9.10. The highest BCUT2D eigenvalue weighted by Crippen LogP contribution is 2.27. The summed E-state index contributed by atoms with van der Waals surface area (Å²) in [5, 5.41) is 9.27. The summed E-state index contributed by atoms with van der Waals surface area (Å²) < 4.78 is 32.4. The molecule has 3 rings (SSSR count). The Kier molecular flexibility index (Phi) is 6.13. The van der Waals surface area contributed by atoms with Crippen molar-refractivity contribution in [1.29, 1.82) is 0 Å². The lowest BCUT2D eigenvalue weighted by molar-refractivity contribution is -0.136. The molecule has 2 saturated heterocycles. The van der Waals surface area contributed by atoms with Crippen molar-refractivity contribution in [1.82, 2.24) is 9.21 Å². The van der Waals surface area contributed by atoms with Crippen LogP contribution in [0, 0.1) is 5.92 Å². The van der Waals surface area contributed by atoms with E-state index in [1.54, 1.807) is 0 Å². The average Bonchev–Trinajstić information content (AvgIpc) is 2.97. The first-order chi connectivity index (χ1) is 12.9. The molecule has 0 saturated carbocycles. The molecule has 0 spiro atoms. The van der Waals surface area contributed by atoms with Crippen molar-refractivity contribution >= 4 is 21.9 Å². The summed E-state index contributed by atoms with van der Waals surface area (Å²) in [5.41, 5.74) is -0.236. The molecular formula is C18H24N2O6S. The molecule has 0 atom stereocenters. The van der Waals surface area contributed by atoms with Crippen molar-refractivity contribution < 1.29 is 27.9 Å². The molecule has 2 heterocycles. The molecule has 2 fully saturated rings. The molecule has 8 nitrogen and oxygen atoms in total. The number of hydrogen-bond acceptors (Lipinski definition) is 5. The molecule has 2 aliphatic heterocycles. The van der Waals surface area contributed by atoms with Crippen molar-refractivity contribution in [3.8, 4) is 0 Å². The second-order valence-electron chi connectivity index (χ2n) is 6.77. The van der Waals surface area contributed by atoms with E-state index in [9.17, 15) is 23.1 Å². The Morgan fingerprint density at radius 2 is 1.74 bits per heavy atom. The van der Waals surface area contributed by atoms with E-state index in [-0.39, 0.29) is 35.4 Å². The Labute approximate surface area is 158 Å². The number of ether oxygens (including phenoxy) is 1. The lowest BCUT2D eigenvalue weighted by atomic mass is 9.96. The largest absolute Gasteiger partial charge is 0.478 e. The van der Waals surface area contributed by atoms with Gasteiger partial charge in [-0.2, -0.15) is 4.31 Å². The number of aromatic carboxylic acids is 1. The van der Waals surface area contributed by atoms with Gasteiger partial charge in [-0.3, -0.25) is 4.79 Å². The van der Waals surface area contributed by atoms with Gasteiger partial charge in [0.25, 0.3) is 0 Å². The number of hydrogen-bond donors (Lipinski definition) is 1. The second-order valence-corrected chi connectivity index (χ2v) is 8.68. The van der Waals surface area contributed by atoms with Crippen LogP contribution in [0.3, 0.4) is 0 Å². The van der Waals surface area contributed by atoms with Crippen LogP contribution < -0.4 is 0 Å². The number of nitrogens with zero attached hydrogens (tertiary/aromatic N) is 2. The summed E-state index contributed by atoms with van der Waals surface area (Å²) in [6, 6.07) is 5.61. The van der Waals surface area contributed by atoms with Gasteiger partial charge in [-0.05, 0) is 31.4 Å². The van der Waals surface area contributed by atoms with E-state index < -0.39 is 16.0 Å². The molecule has 0 radical (unpaired) electrons. The fraction of sp³-hybridized carbons (Fsp3) is 0.556. The van der Waals surface area contributed by atoms with Gasteiger partial charge in [0.1, 0.15) is 0 Å². The van der Waals surface area contributed by atoms with Gasteiger partial charge in [0, 0.05) is 38.7 Å². The van der Waals surface area contributed by atoms with Gasteiger partial charge < -0.3 is 14.7 Å². The average molecular weight is 396 g/mol. The van der Waals surface area contributed by atoms with Gasteiger partial charge in [0.2, 0.25) is 15.9 Å². The number of amides is 1. The van der Waals surface area contributed by atoms with E-state index in [1.165, 1.54) is 28.6 Å². The Morgan fingerprint density at radius 1 is 1.04 bits per heavy atom. The van der Waals surface area contributed by atoms with Crippen LogP contribution in [0.15, 0.2) is 29.2 Å². The van der Waals surface area contributed by atoms with E-state index in [2.05, 4.69) is 0 Å². The van der Waals surface area contributed by atoms with Crippen molar-refractivity contribution in [3.63, 3.8) is 0 Å². The first-order valence-corrected chi connectivity index (χ1v) is 10.5. The Bertz CT molecular complexity index is 794. The van der Waals surface area contributed by atoms with Gasteiger partial charge in [-0.25, -0.2) is 13.2 Å². The minimum atomic E-state index is -3.91. The summed E-state index contributed by atoms with van der Waals surface area (Å²) in [6.07, 6.45) is 1.68. The Hall–Kier alpha value is -1.97. The Balaban J connectivity index is 1.68. The van der Waals surface area contributed by atoms with Crippen LogP contribution in [0.25, 0.3) is 0 Å². The second kappa shape index (κ2) is 8.37. The maximum Gasteiger partial charge on any atom is 0.337 e. The van der Waals surface area contributed by atoms with Crippen molar-refractivity contribution in [3.05, 3.63) is 29.8 Å². The molecule has 1 amide bonds. The van der Waals surface area contributed by atoms with E-state index in [1.807, 2.05) is 4.90 Å². The van der Waals surface area contributed by atoms with Crippen LogP contribution in [0.2, 0.25) is 0 Å².